The number of benzene rings is 1. The van der Waals surface area contributed by atoms with Crippen molar-refractivity contribution in [2.75, 3.05) is 0 Å². The maximum Gasteiger partial charge on any atom is 0.294 e. The van der Waals surface area contributed by atoms with Crippen LogP contribution in [0.25, 0.3) is 5.69 Å². The Morgan fingerprint density at radius 1 is 1.22 bits per heavy atom. The smallest absolute Gasteiger partial charge is 0.285 e. The van der Waals surface area contributed by atoms with E-state index >= 15 is 0 Å². The van der Waals surface area contributed by atoms with E-state index in [2.05, 4.69) is 0 Å². The zero-order valence-corrected chi connectivity index (χ0v) is 10.7. The van der Waals surface area contributed by atoms with Crippen molar-refractivity contribution >= 4 is 10.1 Å². The van der Waals surface area contributed by atoms with Gasteiger partial charge in [0.2, 0.25) is 0 Å². The van der Waals surface area contributed by atoms with E-state index in [9.17, 15) is 13.2 Å². The molecule has 0 radical (unpaired) electrons. The van der Waals surface area contributed by atoms with E-state index in [1.807, 2.05) is 0 Å². The predicted octanol–water partition coefficient (Wildman–Crippen LogP) is 0.731. The third-order valence-electron chi connectivity index (χ3n) is 2.71. The average Bonchev–Trinajstić information content (AvgIpc) is 2.52. The van der Waals surface area contributed by atoms with Gasteiger partial charge in [-0.25, -0.2) is 4.68 Å². The minimum atomic E-state index is -4.28. The summed E-state index contributed by atoms with van der Waals surface area (Å²) in [7, 11) is -2.59. The van der Waals surface area contributed by atoms with Crippen molar-refractivity contribution in [3.8, 4) is 5.69 Å². The predicted molar refractivity (Wildman–Crippen MR) is 65.6 cm³/mol. The molecule has 7 heteroatoms. The lowest BCUT2D eigenvalue weighted by Gasteiger charge is -2.09. The summed E-state index contributed by atoms with van der Waals surface area (Å²) in [5.41, 5.74) is 0.866. The monoisotopic (exact) mass is 268 g/mol. The zero-order valence-electron chi connectivity index (χ0n) is 9.86. The van der Waals surface area contributed by atoms with Crippen molar-refractivity contribution in [1.29, 1.82) is 0 Å². The van der Waals surface area contributed by atoms with Crippen LogP contribution in [0.1, 0.15) is 5.69 Å². The molecule has 1 N–H and O–H groups in total. The van der Waals surface area contributed by atoms with Crippen LogP contribution in [0.3, 0.4) is 0 Å². The summed E-state index contributed by atoms with van der Waals surface area (Å²) in [6.07, 6.45) is 0. The maximum absolute atomic E-state index is 11.8. The summed E-state index contributed by atoms with van der Waals surface area (Å²) in [5.74, 6) is 0. The van der Waals surface area contributed by atoms with E-state index in [1.165, 1.54) is 28.9 Å². The first-order valence-electron chi connectivity index (χ1n) is 5.14. The largest absolute Gasteiger partial charge is 0.294 e. The molecule has 0 saturated carbocycles. The van der Waals surface area contributed by atoms with Gasteiger partial charge in [-0.1, -0.05) is 6.07 Å². The lowest BCUT2D eigenvalue weighted by molar-refractivity contribution is 0.483. The Morgan fingerprint density at radius 2 is 1.89 bits per heavy atom. The molecule has 0 saturated heterocycles. The van der Waals surface area contributed by atoms with Crippen molar-refractivity contribution in [2.45, 2.75) is 11.8 Å². The van der Waals surface area contributed by atoms with Crippen LogP contribution in [0.2, 0.25) is 0 Å². The molecule has 0 aliphatic carbocycles. The van der Waals surface area contributed by atoms with Crippen LogP contribution in [0, 0.1) is 6.92 Å². The fraction of sp³-hybridized carbons (Fsp3) is 0.182. The van der Waals surface area contributed by atoms with E-state index in [4.69, 9.17) is 4.55 Å². The molecule has 2 rings (SSSR count). The van der Waals surface area contributed by atoms with Gasteiger partial charge < -0.3 is 0 Å². The van der Waals surface area contributed by atoms with Crippen molar-refractivity contribution in [2.24, 2.45) is 7.05 Å². The molecule has 1 aromatic carbocycles. The Bertz CT molecular complexity index is 756. The molecule has 0 unspecified atom stereocenters. The van der Waals surface area contributed by atoms with Crippen LogP contribution >= 0.6 is 0 Å². The molecule has 0 atom stereocenters. The molecule has 0 fully saturated rings. The van der Waals surface area contributed by atoms with Gasteiger partial charge in [0.15, 0.2) is 0 Å². The Labute approximate surface area is 104 Å². The topological polar surface area (TPSA) is 81.3 Å². The standard InChI is InChI=1S/C11H12N2O4S/c1-8-6-11(14)13(12(8)2)9-4-3-5-10(7-9)18(15,16)17/h3-7H,1-2H3,(H,15,16,17). The molecule has 1 heterocycles. The Hall–Kier alpha value is -1.86. The molecule has 6 nitrogen and oxygen atoms in total. The SMILES string of the molecule is Cc1cc(=O)n(-c2cccc(S(=O)(=O)O)c2)n1C. The summed E-state index contributed by atoms with van der Waals surface area (Å²) in [5, 5.41) is 0. The maximum atomic E-state index is 11.8. The minimum absolute atomic E-state index is 0.245. The molecule has 0 spiro atoms. The van der Waals surface area contributed by atoms with Gasteiger partial charge in [-0.3, -0.25) is 14.0 Å². The number of aromatic nitrogens is 2. The van der Waals surface area contributed by atoms with Gasteiger partial charge in [0.05, 0.1) is 10.6 Å². The van der Waals surface area contributed by atoms with Crippen molar-refractivity contribution in [3.05, 3.63) is 46.4 Å². The van der Waals surface area contributed by atoms with Crippen molar-refractivity contribution < 1.29 is 13.0 Å². The summed E-state index contributed by atoms with van der Waals surface area (Å²) < 4.78 is 34.0. The molecule has 0 aliphatic heterocycles. The molecule has 0 amide bonds. The number of aryl methyl sites for hydroxylation is 1. The molecule has 96 valence electrons. The molecule has 1 aromatic heterocycles. The van der Waals surface area contributed by atoms with E-state index in [1.54, 1.807) is 24.7 Å². The zero-order chi connectivity index (χ0) is 13.5. The van der Waals surface area contributed by atoms with Crippen LogP contribution in [-0.2, 0) is 17.2 Å². The van der Waals surface area contributed by atoms with Crippen molar-refractivity contribution in [3.63, 3.8) is 0 Å². The molecule has 2 aromatic rings. The van der Waals surface area contributed by atoms with Gasteiger partial charge in [0.1, 0.15) is 0 Å². The summed E-state index contributed by atoms with van der Waals surface area (Å²) >= 11 is 0. The highest BCUT2D eigenvalue weighted by atomic mass is 32.2. The minimum Gasteiger partial charge on any atom is -0.285 e. The highest BCUT2D eigenvalue weighted by Gasteiger charge is 2.12. The van der Waals surface area contributed by atoms with E-state index in [0.717, 1.165) is 5.69 Å². The quantitative estimate of drug-likeness (QED) is 0.814. The lowest BCUT2D eigenvalue weighted by Crippen LogP contribution is -2.19. The first-order valence-corrected chi connectivity index (χ1v) is 6.58. The lowest BCUT2D eigenvalue weighted by atomic mass is 10.3. The van der Waals surface area contributed by atoms with Gasteiger partial charge in [0, 0.05) is 18.8 Å². The summed E-state index contributed by atoms with van der Waals surface area (Å²) in [6, 6.07) is 7.01. The third-order valence-corrected chi connectivity index (χ3v) is 3.56. The van der Waals surface area contributed by atoms with Crippen molar-refractivity contribution in [1.82, 2.24) is 9.36 Å². The molecule has 0 bridgehead atoms. The number of rotatable bonds is 2. The summed E-state index contributed by atoms with van der Waals surface area (Å²) in [6.45, 7) is 1.77. The highest BCUT2D eigenvalue weighted by molar-refractivity contribution is 7.85. The van der Waals surface area contributed by atoms with Crippen LogP contribution in [0.4, 0.5) is 0 Å². The van der Waals surface area contributed by atoms with Crippen LogP contribution < -0.4 is 5.56 Å². The van der Waals surface area contributed by atoms with Gasteiger partial charge in [-0.15, -0.1) is 0 Å². The Kier molecular flexibility index (Phi) is 2.88. The fourth-order valence-electron chi connectivity index (χ4n) is 1.71. The summed E-state index contributed by atoms with van der Waals surface area (Å²) in [4.78, 5) is 11.5. The van der Waals surface area contributed by atoms with Crippen LogP contribution in [0.5, 0.6) is 0 Å². The van der Waals surface area contributed by atoms with Gasteiger partial charge in [-0.2, -0.15) is 8.42 Å². The number of hydrogen-bond donors (Lipinski definition) is 1. The third kappa shape index (κ3) is 2.09. The van der Waals surface area contributed by atoms with Gasteiger partial charge >= 0.3 is 0 Å². The second kappa shape index (κ2) is 4.11. The van der Waals surface area contributed by atoms with Gasteiger partial charge in [-0.05, 0) is 25.1 Å². The Balaban J connectivity index is 2.70. The van der Waals surface area contributed by atoms with Crippen LogP contribution in [-0.4, -0.2) is 22.3 Å². The van der Waals surface area contributed by atoms with E-state index < -0.39 is 10.1 Å². The van der Waals surface area contributed by atoms with E-state index in [0.29, 0.717) is 5.69 Å². The molecular weight excluding hydrogens is 256 g/mol. The first-order chi connectivity index (χ1) is 8.30. The molecule has 0 aliphatic rings. The van der Waals surface area contributed by atoms with E-state index in [-0.39, 0.29) is 10.5 Å². The Morgan fingerprint density at radius 3 is 2.39 bits per heavy atom. The molecule has 18 heavy (non-hydrogen) atoms. The molecular formula is C11H12N2O4S. The van der Waals surface area contributed by atoms with Gasteiger partial charge in [0.25, 0.3) is 15.7 Å². The second-order valence-electron chi connectivity index (χ2n) is 3.93. The number of hydrogen-bond acceptors (Lipinski definition) is 3. The number of nitrogens with zero attached hydrogens (tertiary/aromatic N) is 2. The highest BCUT2D eigenvalue weighted by Crippen LogP contribution is 2.14. The van der Waals surface area contributed by atoms with Crippen LogP contribution in [0.15, 0.2) is 40.0 Å². The second-order valence-corrected chi connectivity index (χ2v) is 5.35. The average molecular weight is 268 g/mol. The normalized spacial score (nSPS) is 11.7. The fourth-order valence-corrected chi connectivity index (χ4v) is 2.24. The first kappa shape index (κ1) is 12.6.